The van der Waals surface area contributed by atoms with Gasteiger partial charge in [0.15, 0.2) is 0 Å². The Morgan fingerprint density at radius 2 is 0.839 bits per heavy atom. The number of rotatable bonds is 3. The molecule has 4 saturated carbocycles. The van der Waals surface area contributed by atoms with Crippen LogP contribution in [-0.4, -0.2) is 0 Å². The van der Waals surface area contributed by atoms with Crippen molar-refractivity contribution in [2.24, 2.45) is 23.7 Å². The van der Waals surface area contributed by atoms with Crippen molar-refractivity contribution < 1.29 is 0 Å². The van der Waals surface area contributed by atoms with E-state index in [4.69, 9.17) is 0 Å². The van der Waals surface area contributed by atoms with Gasteiger partial charge in [-0.2, -0.15) is 0 Å². The molecule has 0 heteroatoms. The van der Waals surface area contributed by atoms with E-state index in [0.717, 1.165) is 23.7 Å². The first kappa shape index (κ1) is 31.2. The first-order valence-electron chi connectivity index (χ1n) is 20.9. The van der Waals surface area contributed by atoms with Crippen LogP contribution in [0.5, 0.6) is 0 Å². The molecule has 5 aliphatic rings. The Labute approximate surface area is 328 Å². The van der Waals surface area contributed by atoms with Crippen LogP contribution in [-0.2, 0) is 5.41 Å². The molecule has 9 aromatic carbocycles. The van der Waals surface area contributed by atoms with E-state index in [9.17, 15) is 0 Å². The van der Waals surface area contributed by atoms with Crippen molar-refractivity contribution in [3.05, 3.63) is 181 Å². The zero-order valence-electron chi connectivity index (χ0n) is 31.5. The zero-order valence-corrected chi connectivity index (χ0v) is 31.5. The molecular weight excluding hydrogens is 673 g/mol. The molecule has 56 heavy (non-hydrogen) atoms. The molecule has 0 aromatic heterocycles. The van der Waals surface area contributed by atoms with Crippen molar-refractivity contribution >= 4 is 43.1 Å². The minimum Gasteiger partial charge on any atom is -0.0622 e. The van der Waals surface area contributed by atoms with Gasteiger partial charge in [0.2, 0.25) is 0 Å². The van der Waals surface area contributed by atoms with E-state index in [1.165, 1.54) is 120 Å². The van der Waals surface area contributed by atoms with Crippen LogP contribution in [0.3, 0.4) is 0 Å². The van der Waals surface area contributed by atoms with Gasteiger partial charge in [-0.25, -0.2) is 0 Å². The summed E-state index contributed by atoms with van der Waals surface area (Å²) in [6, 6.07) is 64.8. The maximum absolute atomic E-state index is 2.62. The lowest BCUT2D eigenvalue weighted by atomic mass is 9.43. The predicted octanol–water partition coefficient (Wildman–Crippen LogP) is 15.0. The van der Waals surface area contributed by atoms with Crippen LogP contribution in [0.15, 0.2) is 170 Å². The van der Waals surface area contributed by atoms with Gasteiger partial charge in [-0.1, -0.05) is 164 Å². The van der Waals surface area contributed by atoms with E-state index >= 15 is 0 Å². The van der Waals surface area contributed by atoms with Gasteiger partial charge in [0.25, 0.3) is 0 Å². The van der Waals surface area contributed by atoms with Crippen LogP contribution < -0.4 is 0 Å². The topological polar surface area (TPSA) is 0 Å². The quantitative estimate of drug-likeness (QED) is 0.160. The summed E-state index contributed by atoms with van der Waals surface area (Å²) in [6.07, 6.45) is 7.08. The maximum Gasteiger partial charge on any atom is 0.0272 e. The second-order valence-corrected chi connectivity index (χ2v) is 17.6. The second-order valence-electron chi connectivity index (χ2n) is 17.6. The molecule has 14 rings (SSSR count). The minimum absolute atomic E-state index is 0.140. The smallest absolute Gasteiger partial charge is 0.0272 e. The summed E-state index contributed by atoms with van der Waals surface area (Å²) in [6.45, 7) is 0. The van der Waals surface area contributed by atoms with Gasteiger partial charge in [-0.3, -0.25) is 0 Å². The molecule has 0 heterocycles. The Kier molecular flexibility index (Phi) is 6.43. The Hall–Kier alpha value is -5.98. The summed E-state index contributed by atoms with van der Waals surface area (Å²) in [7, 11) is 0. The van der Waals surface area contributed by atoms with Crippen LogP contribution in [0.2, 0.25) is 0 Å². The molecule has 0 N–H and O–H groups in total. The van der Waals surface area contributed by atoms with Crippen LogP contribution >= 0.6 is 0 Å². The monoisotopic (exact) mass is 714 g/mol. The van der Waals surface area contributed by atoms with Crippen LogP contribution in [0.4, 0.5) is 0 Å². The Balaban J connectivity index is 1.08. The van der Waals surface area contributed by atoms with Gasteiger partial charge in [-0.05, 0) is 161 Å². The maximum atomic E-state index is 2.62. The lowest BCUT2D eigenvalue weighted by molar-refractivity contribution is -0.0399. The Morgan fingerprint density at radius 1 is 0.321 bits per heavy atom. The van der Waals surface area contributed by atoms with Gasteiger partial charge in [0, 0.05) is 5.41 Å². The number of hydrogen-bond acceptors (Lipinski definition) is 0. The number of hydrogen-bond donors (Lipinski definition) is 0. The third-order valence-corrected chi connectivity index (χ3v) is 15.0. The normalized spacial score (nSPS) is 23.1. The first-order valence-corrected chi connectivity index (χ1v) is 20.9. The van der Waals surface area contributed by atoms with E-state index in [2.05, 4.69) is 170 Å². The second kappa shape index (κ2) is 11.5. The van der Waals surface area contributed by atoms with Gasteiger partial charge >= 0.3 is 0 Å². The highest BCUT2D eigenvalue weighted by atomic mass is 14.6. The third kappa shape index (κ3) is 4.09. The third-order valence-electron chi connectivity index (χ3n) is 15.0. The molecular formula is C56H42. The molecule has 0 atom stereocenters. The standard InChI is InChI=1S/C56H42/c1-2-12-36(13-3-1)41-24-25-49(44-17-7-6-16-43(41)44)54-47-20-10-8-18-45(47)53(46-19-9-11-21-48(46)54)38-23-26-51-50(33-38)55-42-15-5-4-14-37(42)22-27-52(55)56(51)39-29-34-28-35(31-39)32-40(56)30-34/h1-27,33-35,39-40H,28-32H2. The summed E-state index contributed by atoms with van der Waals surface area (Å²) in [5.41, 5.74) is 14.2. The highest BCUT2D eigenvalue weighted by molar-refractivity contribution is 6.24. The molecule has 4 bridgehead atoms. The van der Waals surface area contributed by atoms with E-state index < -0.39 is 0 Å². The molecule has 1 spiro atoms. The number of fused-ring (bicyclic) bond motifs is 8. The zero-order chi connectivity index (χ0) is 36.5. The molecule has 0 nitrogen and oxygen atoms in total. The summed E-state index contributed by atoms with van der Waals surface area (Å²) < 4.78 is 0. The van der Waals surface area contributed by atoms with Crippen molar-refractivity contribution in [3.63, 3.8) is 0 Å². The highest BCUT2D eigenvalue weighted by Gasteiger charge is 2.61. The molecule has 0 amide bonds. The lowest BCUT2D eigenvalue weighted by Gasteiger charge is -2.61. The molecule has 0 radical (unpaired) electrons. The van der Waals surface area contributed by atoms with E-state index in [1.807, 2.05) is 0 Å². The average molecular weight is 715 g/mol. The van der Waals surface area contributed by atoms with E-state index in [-0.39, 0.29) is 5.41 Å². The Bertz CT molecular complexity index is 3010. The molecule has 0 unspecified atom stereocenters. The molecule has 266 valence electrons. The van der Waals surface area contributed by atoms with Crippen molar-refractivity contribution in [1.29, 1.82) is 0 Å². The van der Waals surface area contributed by atoms with Gasteiger partial charge in [0.1, 0.15) is 0 Å². The highest BCUT2D eigenvalue weighted by Crippen LogP contribution is 2.70. The average Bonchev–Trinajstić information content (AvgIpc) is 3.55. The fourth-order valence-corrected chi connectivity index (χ4v) is 13.2. The summed E-state index contributed by atoms with van der Waals surface area (Å²) in [5.74, 6) is 3.35. The summed E-state index contributed by atoms with van der Waals surface area (Å²) in [5, 5.41) is 10.6. The first-order chi connectivity index (χ1) is 27.8. The molecule has 9 aromatic rings. The van der Waals surface area contributed by atoms with Crippen molar-refractivity contribution in [2.75, 3.05) is 0 Å². The summed E-state index contributed by atoms with van der Waals surface area (Å²) >= 11 is 0. The SMILES string of the molecule is c1ccc(-c2ccc(-c3c4ccccc4c(-c4ccc5c(c4)-c4c(ccc6ccccc46)C54C5CC6CC(C5)CC4C6)c4ccccc34)c3ccccc23)cc1. The predicted molar refractivity (Wildman–Crippen MR) is 236 cm³/mol. The Morgan fingerprint density at radius 3 is 1.50 bits per heavy atom. The van der Waals surface area contributed by atoms with Crippen molar-refractivity contribution in [1.82, 2.24) is 0 Å². The van der Waals surface area contributed by atoms with Gasteiger partial charge < -0.3 is 0 Å². The van der Waals surface area contributed by atoms with Crippen molar-refractivity contribution in [2.45, 2.75) is 37.5 Å². The van der Waals surface area contributed by atoms with Gasteiger partial charge in [0.05, 0.1) is 0 Å². The molecule has 0 aliphatic heterocycles. The van der Waals surface area contributed by atoms with E-state index in [1.54, 1.807) is 11.1 Å². The largest absolute Gasteiger partial charge is 0.0622 e. The molecule has 4 fully saturated rings. The summed E-state index contributed by atoms with van der Waals surface area (Å²) in [4.78, 5) is 0. The van der Waals surface area contributed by atoms with Crippen LogP contribution in [0, 0.1) is 23.7 Å². The lowest BCUT2D eigenvalue weighted by Crippen LogP contribution is -2.55. The van der Waals surface area contributed by atoms with E-state index in [0.29, 0.717) is 0 Å². The van der Waals surface area contributed by atoms with Gasteiger partial charge in [-0.15, -0.1) is 0 Å². The molecule has 5 aliphatic carbocycles. The van der Waals surface area contributed by atoms with Crippen molar-refractivity contribution in [3.8, 4) is 44.5 Å². The fourth-order valence-electron chi connectivity index (χ4n) is 13.2. The number of benzene rings is 9. The fraction of sp³-hybridized carbons (Fsp3) is 0.179. The van der Waals surface area contributed by atoms with Crippen LogP contribution in [0.1, 0.15) is 43.2 Å². The molecule has 0 saturated heterocycles. The van der Waals surface area contributed by atoms with Crippen LogP contribution in [0.25, 0.3) is 87.6 Å². The minimum atomic E-state index is 0.140.